The second kappa shape index (κ2) is 6.58. The normalized spacial score (nSPS) is 16.4. The van der Waals surface area contributed by atoms with Crippen LogP contribution in [0.3, 0.4) is 0 Å². The highest BCUT2D eigenvalue weighted by Crippen LogP contribution is 2.26. The SMILES string of the molecule is CC1c2nnc(COc3ccccn3)n2CCN1C(=O)c1ccnn1C. The van der Waals surface area contributed by atoms with Crippen molar-refractivity contribution in [1.82, 2.24) is 34.4 Å². The lowest BCUT2D eigenvalue weighted by atomic mass is 10.2. The summed E-state index contributed by atoms with van der Waals surface area (Å²) in [6.07, 6.45) is 3.30. The Balaban J connectivity index is 1.51. The second-order valence-electron chi connectivity index (χ2n) is 6.10. The Morgan fingerprint density at radius 1 is 1.23 bits per heavy atom. The smallest absolute Gasteiger partial charge is 0.272 e. The van der Waals surface area contributed by atoms with Gasteiger partial charge in [-0.25, -0.2) is 4.98 Å². The molecule has 0 fully saturated rings. The molecule has 1 aliphatic rings. The van der Waals surface area contributed by atoms with E-state index in [-0.39, 0.29) is 18.6 Å². The highest BCUT2D eigenvalue weighted by molar-refractivity contribution is 5.92. The van der Waals surface area contributed by atoms with Crippen LogP contribution in [0.25, 0.3) is 0 Å². The minimum atomic E-state index is -0.178. The summed E-state index contributed by atoms with van der Waals surface area (Å²) in [5, 5.41) is 12.6. The number of pyridine rings is 1. The predicted molar refractivity (Wildman–Crippen MR) is 91.3 cm³/mol. The molecule has 134 valence electrons. The van der Waals surface area contributed by atoms with Gasteiger partial charge in [0.1, 0.15) is 12.3 Å². The Morgan fingerprint density at radius 2 is 2.12 bits per heavy atom. The zero-order valence-corrected chi connectivity index (χ0v) is 14.6. The average Bonchev–Trinajstić information content (AvgIpc) is 3.27. The molecule has 0 saturated carbocycles. The van der Waals surface area contributed by atoms with Crippen molar-refractivity contribution in [2.75, 3.05) is 6.54 Å². The van der Waals surface area contributed by atoms with Crippen LogP contribution in [0.4, 0.5) is 0 Å². The van der Waals surface area contributed by atoms with Crippen molar-refractivity contribution in [3.05, 3.63) is 54.0 Å². The van der Waals surface area contributed by atoms with Crippen LogP contribution < -0.4 is 4.74 Å². The lowest BCUT2D eigenvalue weighted by molar-refractivity contribution is 0.0623. The maximum absolute atomic E-state index is 12.8. The molecular formula is C17H19N7O2. The van der Waals surface area contributed by atoms with E-state index in [0.717, 1.165) is 11.6 Å². The molecule has 0 spiro atoms. The summed E-state index contributed by atoms with van der Waals surface area (Å²) in [4.78, 5) is 18.7. The molecule has 4 heterocycles. The highest BCUT2D eigenvalue weighted by Gasteiger charge is 2.32. The third kappa shape index (κ3) is 2.81. The zero-order chi connectivity index (χ0) is 18.1. The van der Waals surface area contributed by atoms with Gasteiger partial charge < -0.3 is 14.2 Å². The summed E-state index contributed by atoms with van der Waals surface area (Å²) in [7, 11) is 1.76. The van der Waals surface area contributed by atoms with Gasteiger partial charge in [-0.2, -0.15) is 5.10 Å². The van der Waals surface area contributed by atoms with Gasteiger partial charge in [-0.05, 0) is 19.1 Å². The molecule has 0 aromatic carbocycles. The van der Waals surface area contributed by atoms with Crippen molar-refractivity contribution >= 4 is 5.91 Å². The lowest BCUT2D eigenvalue weighted by Gasteiger charge is -2.33. The van der Waals surface area contributed by atoms with Crippen LogP contribution in [0, 0.1) is 0 Å². The van der Waals surface area contributed by atoms with Crippen LogP contribution in [-0.4, -0.2) is 46.9 Å². The lowest BCUT2D eigenvalue weighted by Crippen LogP contribution is -2.42. The first-order valence-electron chi connectivity index (χ1n) is 8.40. The molecule has 9 heteroatoms. The standard InChI is InChI=1S/C17H19N7O2/c1-12-16-21-20-14(11-26-15-5-3-4-7-18-15)24(16)10-9-23(12)17(25)13-6-8-19-22(13)2/h3-8,12H,9-11H2,1-2H3. The Labute approximate surface area is 150 Å². The topological polar surface area (TPSA) is 91.0 Å². The maximum atomic E-state index is 12.8. The molecule has 0 aliphatic carbocycles. The number of carbonyl (C=O) groups excluding carboxylic acids is 1. The molecule has 9 nitrogen and oxygen atoms in total. The monoisotopic (exact) mass is 353 g/mol. The summed E-state index contributed by atoms with van der Waals surface area (Å²) < 4.78 is 9.27. The molecule has 0 N–H and O–H groups in total. The van der Waals surface area contributed by atoms with E-state index in [4.69, 9.17) is 4.74 Å². The van der Waals surface area contributed by atoms with Crippen molar-refractivity contribution < 1.29 is 9.53 Å². The second-order valence-corrected chi connectivity index (χ2v) is 6.10. The molecule has 3 aromatic heterocycles. The average molecular weight is 353 g/mol. The van der Waals surface area contributed by atoms with E-state index in [1.165, 1.54) is 0 Å². The first-order valence-corrected chi connectivity index (χ1v) is 8.40. The van der Waals surface area contributed by atoms with E-state index >= 15 is 0 Å². The molecule has 0 radical (unpaired) electrons. The predicted octanol–water partition coefficient (Wildman–Crippen LogP) is 1.20. The van der Waals surface area contributed by atoms with Crippen LogP contribution in [0.15, 0.2) is 36.7 Å². The van der Waals surface area contributed by atoms with E-state index in [0.29, 0.717) is 24.7 Å². The molecule has 0 saturated heterocycles. The first kappa shape index (κ1) is 16.2. The van der Waals surface area contributed by atoms with E-state index in [2.05, 4.69) is 20.3 Å². The molecule has 1 unspecified atom stereocenters. The molecule has 0 bridgehead atoms. The fourth-order valence-electron chi connectivity index (χ4n) is 3.13. The van der Waals surface area contributed by atoms with Crippen LogP contribution in [-0.2, 0) is 20.2 Å². The summed E-state index contributed by atoms with van der Waals surface area (Å²) in [6.45, 7) is 3.44. The zero-order valence-electron chi connectivity index (χ0n) is 14.6. The summed E-state index contributed by atoms with van der Waals surface area (Å²) >= 11 is 0. The van der Waals surface area contributed by atoms with Gasteiger partial charge in [-0.1, -0.05) is 6.07 Å². The van der Waals surface area contributed by atoms with Crippen LogP contribution in [0.5, 0.6) is 5.88 Å². The summed E-state index contributed by atoms with van der Waals surface area (Å²) in [5.74, 6) is 1.97. The van der Waals surface area contributed by atoms with Gasteiger partial charge in [-0.3, -0.25) is 9.48 Å². The summed E-state index contributed by atoms with van der Waals surface area (Å²) in [6, 6.07) is 7.04. The number of ether oxygens (including phenoxy) is 1. The number of aromatic nitrogens is 6. The van der Waals surface area contributed by atoms with E-state index in [1.54, 1.807) is 41.2 Å². The van der Waals surface area contributed by atoms with Gasteiger partial charge in [0.25, 0.3) is 5.91 Å². The minimum absolute atomic E-state index is 0.0574. The largest absolute Gasteiger partial charge is 0.469 e. The first-order chi connectivity index (χ1) is 12.6. The van der Waals surface area contributed by atoms with Crippen LogP contribution >= 0.6 is 0 Å². The van der Waals surface area contributed by atoms with Crippen molar-refractivity contribution in [3.8, 4) is 5.88 Å². The van der Waals surface area contributed by atoms with E-state index in [9.17, 15) is 4.79 Å². The molecule has 26 heavy (non-hydrogen) atoms. The van der Waals surface area contributed by atoms with Crippen molar-refractivity contribution in [2.45, 2.75) is 26.1 Å². The Kier molecular flexibility index (Phi) is 4.11. The number of aryl methyl sites for hydroxylation is 1. The van der Waals surface area contributed by atoms with Gasteiger partial charge in [0, 0.05) is 38.6 Å². The number of fused-ring (bicyclic) bond motifs is 1. The molecular weight excluding hydrogens is 334 g/mol. The number of rotatable bonds is 4. The van der Waals surface area contributed by atoms with E-state index < -0.39 is 0 Å². The molecule has 1 atom stereocenters. The van der Waals surface area contributed by atoms with Crippen LogP contribution in [0.2, 0.25) is 0 Å². The third-order valence-electron chi connectivity index (χ3n) is 4.55. The van der Waals surface area contributed by atoms with Gasteiger partial charge >= 0.3 is 0 Å². The Hall–Kier alpha value is -3.23. The van der Waals surface area contributed by atoms with E-state index in [1.807, 2.05) is 23.6 Å². The molecule has 1 aliphatic heterocycles. The fraction of sp³-hybridized carbons (Fsp3) is 0.353. The van der Waals surface area contributed by atoms with Crippen LogP contribution in [0.1, 0.15) is 35.1 Å². The number of nitrogens with zero attached hydrogens (tertiary/aromatic N) is 7. The van der Waals surface area contributed by atoms with Crippen molar-refractivity contribution in [2.24, 2.45) is 7.05 Å². The molecule has 4 rings (SSSR count). The minimum Gasteiger partial charge on any atom is -0.469 e. The maximum Gasteiger partial charge on any atom is 0.272 e. The van der Waals surface area contributed by atoms with Crippen molar-refractivity contribution in [1.29, 1.82) is 0 Å². The number of hydrogen-bond acceptors (Lipinski definition) is 6. The third-order valence-corrected chi connectivity index (χ3v) is 4.55. The summed E-state index contributed by atoms with van der Waals surface area (Å²) in [5.41, 5.74) is 0.559. The number of amides is 1. The fourth-order valence-corrected chi connectivity index (χ4v) is 3.13. The molecule has 1 amide bonds. The van der Waals surface area contributed by atoms with Crippen molar-refractivity contribution in [3.63, 3.8) is 0 Å². The Bertz CT molecular complexity index is 918. The van der Waals surface area contributed by atoms with Gasteiger partial charge in [0.05, 0.1) is 6.04 Å². The quantitative estimate of drug-likeness (QED) is 0.700. The number of hydrogen-bond donors (Lipinski definition) is 0. The number of carbonyl (C=O) groups is 1. The van der Waals surface area contributed by atoms with Gasteiger partial charge in [0.15, 0.2) is 11.6 Å². The highest BCUT2D eigenvalue weighted by atomic mass is 16.5. The van der Waals surface area contributed by atoms with Gasteiger partial charge in [-0.15, -0.1) is 10.2 Å². The van der Waals surface area contributed by atoms with Gasteiger partial charge in [0.2, 0.25) is 5.88 Å². The Morgan fingerprint density at radius 3 is 2.85 bits per heavy atom. The molecule has 3 aromatic rings.